The number of nitrogens with one attached hydrogen (secondary N) is 1. The number of allylic oxidation sites excluding steroid dienone is 1. The SMILES string of the molecule is C=CCCCS(=O)(=NC(=O)c1ccc2c(c1)N(C[C@@H]1CC[C@H]1[C@H](C=C)OC(C)=O)C[C@@]1(CCCc3cc(Cl)ccc31)CO2)NC(=O)OC(C)(C)C. The fourth-order valence-corrected chi connectivity index (χ4v) is 9.11. The molecule has 2 aliphatic carbocycles. The van der Waals surface area contributed by atoms with E-state index in [4.69, 9.17) is 25.8 Å². The lowest BCUT2D eigenvalue weighted by atomic mass is 9.68. The number of aryl methyl sites for hydroxylation is 1. The van der Waals surface area contributed by atoms with E-state index in [1.807, 2.05) is 12.1 Å². The summed E-state index contributed by atoms with van der Waals surface area (Å²) in [6, 6.07) is 11.2. The zero-order valence-corrected chi connectivity index (χ0v) is 31.7. The van der Waals surface area contributed by atoms with Gasteiger partial charge in [0.25, 0.3) is 5.91 Å². The van der Waals surface area contributed by atoms with Crippen LogP contribution < -0.4 is 14.4 Å². The molecule has 1 heterocycles. The molecule has 51 heavy (non-hydrogen) atoms. The van der Waals surface area contributed by atoms with Gasteiger partial charge in [0, 0.05) is 41.9 Å². The number of rotatable bonds is 11. The van der Waals surface area contributed by atoms with Crippen LogP contribution in [0.3, 0.4) is 0 Å². The van der Waals surface area contributed by atoms with E-state index in [2.05, 4.69) is 33.2 Å². The highest BCUT2D eigenvalue weighted by Gasteiger charge is 2.44. The molecule has 2 aromatic carbocycles. The summed E-state index contributed by atoms with van der Waals surface area (Å²) in [4.78, 5) is 40.7. The third-order valence-electron chi connectivity index (χ3n) is 9.87. The third-order valence-corrected chi connectivity index (χ3v) is 11.9. The molecular formula is C39H50ClN3O7S. The Bertz CT molecular complexity index is 1800. The number of anilines is 1. The molecule has 0 radical (unpaired) electrons. The maximum Gasteiger partial charge on any atom is 0.420 e. The van der Waals surface area contributed by atoms with Crippen molar-refractivity contribution in [2.24, 2.45) is 16.2 Å². The van der Waals surface area contributed by atoms with Gasteiger partial charge in [-0.2, -0.15) is 0 Å². The van der Waals surface area contributed by atoms with Crippen molar-refractivity contribution in [3.05, 3.63) is 83.4 Å². The van der Waals surface area contributed by atoms with E-state index in [1.54, 1.807) is 51.1 Å². The van der Waals surface area contributed by atoms with Crippen molar-refractivity contribution in [1.82, 2.24) is 4.72 Å². The summed E-state index contributed by atoms with van der Waals surface area (Å²) >= 11 is 6.43. The first-order valence-electron chi connectivity index (χ1n) is 17.7. The predicted molar refractivity (Wildman–Crippen MR) is 201 cm³/mol. The second kappa shape index (κ2) is 15.8. The predicted octanol–water partition coefficient (Wildman–Crippen LogP) is 7.97. The quantitative estimate of drug-likeness (QED) is 0.140. The first-order valence-corrected chi connectivity index (χ1v) is 19.7. The highest BCUT2D eigenvalue weighted by Crippen LogP contribution is 2.47. The number of ether oxygens (including phenoxy) is 3. The van der Waals surface area contributed by atoms with E-state index in [0.29, 0.717) is 43.3 Å². The molecule has 5 rings (SSSR count). The summed E-state index contributed by atoms with van der Waals surface area (Å²) in [6.07, 6.45) is 7.68. The van der Waals surface area contributed by atoms with Crippen LogP contribution in [0, 0.1) is 11.8 Å². The minimum Gasteiger partial charge on any atom is -0.490 e. The Morgan fingerprint density at radius 1 is 1.20 bits per heavy atom. The molecule has 5 atom stereocenters. The molecule has 12 heteroatoms. The Morgan fingerprint density at radius 3 is 2.65 bits per heavy atom. The van der Waals surface area contributed by atoms with Crippen LogP contribution in [0.1, 0.15) is 87.7 Å². The molecule has 10 nitrogen and oxygen atoms in total. The van der Waals surface area contributed by atoms with E-state index in [-0.39, 0.29) is 34.5 Å². The number of hydrogen-bond donors (Lipinski definition) is 1. The van der Waals surface area contributed by atoms with Gasteiger partial charge in [-0.05, 0) is 113 Å². The molecule has 1 spiro atoms. The Morgan fingerprint density at radius 2 is 1.98 bits per heavy atom. The molecule has 2 amide bonds. The zero-order valence-electron chi connectivity index (χ0n) is 30.1. The van der Waals surface area contributed by atoms with Gasteiger partial charge in [-0.3, -0.25) is 9.59 Å². The van der Waals surface area contributed by atoms with Gasteiger partial charge >= 0.3 is 12.1 Å². The van der Waals surface area contributed by atoms with Gasteiger partial charge < -0.3 is 19.1 Å². The average molecular weight is 740 g/mol. The Kier molecular flexibility index (Phi) is 11.9. The van der Waals surface area contributed by atoms with Crippen LogP contribution in [0.25, 0.3) is 0 Å². The number of halogens is 1. The highest BCUT2D eigenvalue weighted by molar-refractivity contribution is 7.92. The zero-order chi connectivity index (χ0) is 37.0. The van der Waals surface area contributed by atoms with E-state index in [1.165, 1.54) is 18.1 Å². The first-order chi connectivity index (χ1) is 24.1. The summed E-state index contributed by atoms with van der Waals surface area (Å²) in [5.74, 6) is -0.201. The lowest BCUT2D eigenvalue weighted by Crippen LogP contribution is -2.49. The minimum absolute atomic E-state index is 0.0496. The van der Waals surface area contributed by atoms with Crippen LogP contribution in [0.15, 0.2) is 66.1 Å². The number of amides is 2. The standard InChI is InChI=1S/C39H50ClN3O7S/c1-7-9-10-20-51(47,42-37(46)50-38(4,5)6)41-36(45)28-14-18-35-33(22-28)43(23-29-13-16-31(29)34(8-2)49-26(3)44)24-39(25-48-35)19-11-12-27-21-30(40)15-17-32(27)39/h7-8,14-15,17-18,21-22,29,31,34H,1-2,9-13,16,19-20,23-25H2,3-6H3,(H,41,42,45,46,47)/t29-,31+,34-,39-,51?/m0/s1. The molecule has 1 unspecified atom stereocenters. The van der Waals surface area contributed by atoms with Crippen molar-refractivity contribution >= 4 is 45.2 Å². The number of benzene rings is 2. The lowest BCUT2D eigenvalue weighted by molar-refractivity contribution is -0.149. The molecule has 1 N–H and O–H groups in total. The molecule has 1 fully saturated rings. The Labute approximate surface area is 307 Å². The number of esters is 1. The smallest absolute Gasteiger partial charge is 0.420 e. The van der Waals surface area contributed by atoms with Crippen molar-refractivity contribution in [3.63, 3.8) is 0 Å². The fraction of sp³-hybridized carbons (Fsp3) is 0.513. The summed E-state index contributed by atoms with van der Waals surface area (Å²) < 4.78 is 38.0. The first kappa shape index (κ1) is 38.4. The summed E-state index contributed by atoms with van der Waals surface area (Å²) in [5, 5.41) is 0.702. The fourth-order valence-electron chi connectivity index (χ4n) is 7.44. The van der Waals surface area contributed by atoms with Crippen molar-refractivity contribution < 1.29 is 32.8 Å². The Balaban J connectivity index is 1.52. The molecule has 2 aromatic rings. The van der Waals surface area contributed by atoms with Gasteiger partial charge in [-0.25, -0.2) is 13.7 Å². The molecule has 276 valence electrons. The van der Waals surface area contributed by atoms with Gasteiger partial charge in [0.2, 0.25) is 0 Å². The molecule has 1 aliphatic heterocycles. The van der Waals surface area contributed by atoms with E-state index >= 15 is 0 Å². The number of hydrogen-bond acceptors (Lipinski definition) is 8. The number of unbranched alkanes of at least 4 members (excludes halogenated alkanes) is 1. The number of carbonyl (C=O) groups is 3. The summed E-state index contributed by atoms with van der Waals surface area (Å²) in [6.45, 7) is 15.8. The summed E-state index contributed by atoms with van der Waals surface area (Å²) in [7, 11) is -3.53. The van der Waals surface area contributed by atoms with Gasteiger partial charge in [-0.15, -0.1) is 10.9 Å². The van der Waals surface area contributed by atoms with Crippen molar-refractivity contribution in [2.75, 3.05) is 30.3 Å². The lowest BCUT2D eigenvalue weighted by Gasteiger charge is -2.45. The molecule has 1 saturated carbocycles. The molecule has 0 saturated heterocycles. The second-order valence-electron chi connectivity index (χ2n) is 14.9. The normalized spacial score (nSPS) is 22.7. The Hall–Kier alpha value is -3.83. The molecular weight excluding hydrogens is 690 g/mol. The largest absolute Gasteiger partial charge is 0.490 e. The molecule has 3 aliphatic rings. The van der Waals surface area contributed by atoms with Gasteiger partial charge in [-0.1, -0.05) is 36.4 Å². The van der Waals surface area contributed by atoms with Crippen molar-refractivity contribution in [1.29, 1.82) is 0 Å². The molecule has 0 bridgehead atoms. The second-order valence-corrected chi connectivity index (χ2v) is 17.4. The van der Waals surface area contributed by atoms with E-state index in [9.17, 15) is 18.6 Å². The van der Waals surface area contributed by atoms with Crippen LogP contribution in [-0.4, -0.2) is 59.3 Å². The van der Waals surface area contributed by atoms with Crippen molar-refractivity contribution in [2.45, 2.75) is 89.8 Å². The van der Waals surface area contributed by atoms with Gasteiger partial charge in [0.1, 0.15) is 27.4 Å². The number of carbonyl (C=O) groups excluding carboxylic acids is 3. The van der Waals surface area contributed by atoms with Crippen molar-refractivity contribution in [3.8, 4) is 5.75 Å². The third kappa shape index (κ3) is 9.35. The van der Waals surface area contributed by atoms with Gasteiger partial charge in [0.05, 0.1) is 18.0 Å². The monoisotopic (exact) mass is 739 g/mol. The topological polar surface area (TPSA) is 124 Å². The van der Waals surface area contributed by atoms with Crippen LogP contribution in [0.2, 0.25) is 5.02 Å². The summed E-state index contributed by atoms with van der Waals surface area (Å²) in [5.41, 5.74) is 2.19. The van der Waals surface area contributed by atoms with Crippen LogP contribution in [-0.2, 0) is 36.0 Å². The van der Waals surface area contributed by atoms with E-state index in [0.717, 1.165) is 37.8 Å². The maximum atomic E-state index is 14.0. The molecule has 0 aromatic heterocycles. The number of nitrogens with zero attached hydrogens (tertiary/aromatic N) is 2. The maximum absolute atomic E-state index is 14.0. The van der Waals surface area contributed by atoms with E-state index < -0.39 is 33.6 Å². The number of fused-ring (bicyclic) bond motifs is 3. The van der Waals surface area contributed by atoms with Crippen LogP contribution in [0.5, 0.6) is 5.75 Å². The van der Waals surface area contributed by atoms with Gasteiger partial charge in [0.15, 0.2) is 0 Å². The highest BCUT2D eigenvalue weighted by atomic mass is 35.5. The average Bonchev–Trinajstić information content (AvgIpc) is 3.18. The van der Waals surface area contributed by atoms with Crippen LogP contribution in [0.4, 0.5) is 10.5 Å². The minimum atomic E-state index is -3.53. The van der Waals surface area contributed by atoms with Crippen LogP contribution >= 0.6 is 11.6 Å².